The molecule has 2 aromatic heterocycles. The molecule has 156 valence electrons. The minimum Gasteiger partial charge on any atom is -0.469 e. The van der Waals surface area contributed by atoms with E-state index >= 15 is 0 Å². The number of hydrogen-bond donors (Lipinski definition) is 2. The molecule has 0 aliphatic carbocycles. The van der Waals surface area contributed by atoms with Gasteiger partial charge in [-0.3, -0.25) is 4.99 Å². The van der Waals surface area contributed by atoms with Gasteiger partial charge in [-0.1, -0.05) is 18.2 Å². The Morgan fingerprint density at radius 1 is 1.24 bits per heavy atom. The van der Waals surface area contributed by atoms with Gasteiger partial charge in [-0.05, 0) is 44.0 Å². The number of fused-ring (bicyclic) bond motifs is 1. The van der Waals surface area contributed by atoms with E-state index in [1.165, 1.54) is 0 Å². The van der Waals surface area contributed by atoms with Crippen molar-refractivity contribution in [1.82, 2.24) is 10.6 Å². The maximum Gasteiger partial charge on any atom is 0.191 e. The van der Waals surface area contributed by atoms with Gasteiger partial charge in [0.05, 0.1) is 25.0 Å². The van der Waals surface area contributed by atoms with E-state index in [2.05, 4.69) is 29.7 Å². The first-order valence-electron chi connectivity index (χ1n) is 9.95. The molecule has 1 aliphatic heterocycles. The number of aliphatic imine (C=N–C) groups is 1. The average Bonchev–Trinajstić information content (AvgIpc) is 3.47. The number of nitrogens with zero attached hydrogens (tertiary/aromatic N) is 1. The summed E-state index contributed by atoms with van der Waals surface area (Å²) in [5.74, 6) is 2.60. The van der Waals surface area contributed by atoms with Crippen LogP contribution in [0.25, 0.3) is 11.0 Å². The number of furan rings is 2. The lowest BCUT2D eigenvalue weighted by molar-refractivity contribution is 0.117. The third-order valence-electron chi connectivity index (χ3n) is 4.95. The third kappa shape index (κ3) is 5.99. The summed E-state index contributed by atoms with van der Waals surface area (Å²) in [6.45, 7) is 4.30. The number of nitrogens with one attached hydrogen (secondary N) is 2. The number of rotatable bonds is 7. The highest BCUT2D eigenvalue weighted by atomic mass is 127. The highest BCUT2D eigenvalue weighted by molar-refractivity contribution is 14.0. The predicted octanol–water partition coefficient (Wildman–Crippen LogP) is 4.66. The van der Waals surface area contributed by atoms with Gasteiger partial charge >= 0.3 is 0 Å². The number of hydrogen-bond acceptors (Lipinski definition) is 4. The van der Waals surface area contributed by atoms with Gasteiger partial charge in [0.25, 0.3) is 0 Å². The number of halogens is 1. The van der Waals surface area contributed by atoms with E-state index in [0.29, 0.717) is 6.54 Å². The van der Waals surface area contributed by atoms with Crippen LogP contribution in [0.1, 0.15) is 37.3 Å². The molecule has 4 rings (SSSR count). The Morgan fingerprint density at radius 2 is 2.14 bits per heavy atom. The molecule has 1 aliphatic rings. The fraction of sp³-hybridized carbons (Fsp3) is 0.409. The number of para-hydroxylation sites is 1. The van der Waals surface area contributed by atoms with Gasteiger partial charge in [-0.15, -0.1) is 24.0 Å². The molecule has 0 amide bonds. The molecular weight excluding hydrogens is 481 g/mol. The number of benzene rings is 1. The van der Waals surface area contributed by atoms with Gasteiger partial charge in [0.2, 0.25) is 0 Å². The highest BCUT2D eigenvalue weighted by Gasteiger charge is 2.17. The van der Waals surface area contributed by atoms with E-state index in [9.17, 15) is 0 Å². The van der Waals surface area contributed by atoms with E-state index < -0.39 is 0 Å². The SMILES string of the molecule is CC(NC(=NCC1CCCO1)NCCc1ccco1)c1cc2ccccc2o1.I. The van der Waals surface area contributed by atoms with Gasteiger partial charge in [0.1, 0.15) is 17.1 Å². The zero-order valence-electron chi connectivity index (χ0n) is 16.6. The van der Waals surface area contributed by atoms with E-state index in [1.807, 2.05) is 30.3 Å². The van der Waals surface area contributed by atoms with Gasteiger partial charge in [-0.25, -0.2) is 0 Å². The van der Waals surface area contributed by atoms with Crippen molar-refractivity contribution >= 4 is 40.9 Å². The van der Waals surface area contributed by atoms with E-state index in [-0.39, 0.29) is 36.1 Å². The van der Waals surface area contributed by atoms with Crippen molar-refractivity contribution in [2.24, 2.45) is 4.99 Å². The summed E-state index contributed by atoms with van der Waals surface area (Å²) in [6.07, 6.45) is 4.90. The Balaban J connectivity index is 0.00000240. The van der Waals surface area contributed by atoms with Crippen molar-refractivity contribution < 1.29 is 13.6 Å². The molecule has 7 heteroatoms. The molecular formula is C22H28IN3O3. The van der Waals surface area contributed by atoms with Crippen LogP contribution in [-0.4, -0.2) is 31.8 Å². The molecule has 0 bridgehead atoms. The van der Waals surface area contributed by atoms with Crippen molar-refractivity contribution in [3.8, 4) is 0 Å². The first-order valence-corrected chi connectivity index (χ1v) is 9.95. The molecule has 0 spiro atoms. The summed E-state index contributed by atoms with van der Waals surface area (Å²) in [7, 11) is 0. The first kappa shape index (κ1) is 21.7. The Kier molecular flexibility index (Phi) is 8.00. The van der Waals surface area contributed by atoms with Gasteiger partial charge in [0, 0.05) is 25.0 Å². The molecule has 1 fully saturated rings. The highest BCUT2D eigenvalue weighted by Crippen LogP contribution is 2.23. The summed E-state index contributed by atoms with van der Waals surface area (Å²) < 4.78 is 17.1. The lowest BCUT2D eigenvalue weighted by Gasteiger charge is -2.17. The second kappa shape index (κ2) is 10.7. The lowest BCUT2D eigenvalue weighted by atomic mass is 10.2. The largest absolute Gasteiger partial charge is 0.469 e. The molecule has 2 atom stereocenters. The summed E-state index contributed by atoms with van der Waals surface area (Å²) in [6, 6.07) is 14.0. The molecule has 1 aromatic carbocycles. The normalized spacial score (nSPS) is 17.8. The first-order chi connectivity index (χ1) is 13.8. The van der Waals surface area contributed by atoms with Crippen molar-refractivity contribution in [3.05, 3.63) is 60.2 Å². The Hall–Kier alpha value is -2.00. The summed E-state index contributed by atoms with van der Waals surface area (Å²) in [5, 5.41) is 7.96. The number of guanidine groups is 1. The Morgan fingerprint density at radius 3 is 2.90 bits per heavy atom. The molecule has 3 aromatic rings. The second-order valence-electron chi connectivity index (χ2n) is 7.13. The predicted molar refractivity (Wildman–Crippen MR) is 125 cm³/mol. The van der Waals surface area contributed by atoms with Crippen molar-refractivity contribution in [1.29, 1.82) is 0 Å². The van der Waals surface area contributed by atoms with Crippen LogP contribution in [0.4, 0.5) is 0 Å². The third-order valence-corrected chi connectivity index (χ3v) is 4.95. The van der Waals surface area contributed by atoms with E-state index in [4.69, 9.17) is 18.6 Å². The summed E-state index contributed by atoms with van der Waals surface area (Å²) in [5.41, 5.74) is 0.898. The minimum absolute atomic E-state index is 0. The molecule has 0 radical (unpaired) electrons. The van der Waals surface area contributed by atoms with Crippen LogP contribution in [0.15, 0.2) is 62.6 Å². The van der Waals surface area contributed by atoms with Crippen molar-refractivity contribution in [3.63, 3.8) is 0 Å². The van der Waals surface area contributed by atoms with Gasteiger partial charge < -0.3 is 24.2 Å². The lowest BCUT2D eigenvalue weighted by Crippen LogP contribution is -2.40. The van der Waals surface area contributed by atoms with E-state index in [1.54, 1.807) is 6.26 Å². The van der Waals surface area contributed by atoms with Crippen LogP contribution in [0.2, 0.25) is 0 Å². The molecule has 6 nitrogen and oxygen atoms in total. The maximum absolute atomic E-state index is 5.99. The summed E-state index contributed by atoms with van der Waals surface area (Å²) in [4.78, 5) is 4.74. The van der Waals surface area contributed by atoms with Gasteiger partial charge in [0.15, 0.2) is 5.96 Å². The molecule has 1 saturated heterocycles. The Bertz CT molecular complexity index is 868. The molecule has 29 heavy (non-hydrogen) atoms. The van der Waals surface area contributed by atoms with Crippen LogP contribution in [0.3, 0.4) is 0 Å². The van der Waals surface area contributed by atoms with Crippen LogP contribution in [-0.2, 0) is 11.2 Å². The molecule has 2 unspecified atom stereocenters. The van der Waals surface area contributed by atoms with Crippen LogP contribution >= 0.6 is 24.0 Å². The Labute approximate surface area is 188 Å². The van der Waals surface area contributed by atoms with Crippen molar-refractivity contribution in [2.45, 2.75) is 38.3 Å². The van der Waals surface area contributed by atoms with Crippen molar-refractivity contribution in [2.75, 3.05) is 19.7 Å². The monoisotopic (exact) mass is 509 g/mol. The van der Waals surface area contributed by atoms with Crippen LogP contribution in [0, 0.1) is 0 Å². The molecule has 2 N–H and O–H groups in total. The smallest absolute Gasteiger partial charge is 0.191 e. The average molecular weight is 509 g/mol. The molecule has 0 saturated carbocycles. The standard InChI is InChI=1S/C22H27N3O3.HI/c1-16(21-14-17-6-2-3-9-20(17)28-21)25-22(24-15-19-8-5-13-27-19)23-11-10-18-7-4-12-26-18;/h2-4,6-7,9,12,14,16,19H,5,8,10-11,13,15H2,1H3,(H2,23,24,25);1H. The summed E-state index contributed by atoms with van der Waals surface area (Å²) >= 11 is 0. The van der Waals surface area contributed by atoms with Crippen LogP contribution in [0.5, 0.6) is 0 Å². The topological polar surface area (TPSA) is 71.9 Å². The maximum atomic E-state index is 5.99. The minimum atomic E-state index is -0.00763. The fourth-order valence-electron chi connectivity index (χ4n) is 3.38. The fourth-order valence-corrected chi connectivity index (χ4v) is 3.38. The molecule has 3 heterocycles. The second-order valence-corrected chi connectivity index (χ2v) is 7.13. The van der Waals surface area contributed by atoms with E-state index in [0.717, 1.165) is 60.9 Å². The zero-order valence-corrected chi connectivity index (χ0v) is 18.9. The van der Waals surface area contributed by atoms with Gasteiger partial charge in [-0.2, -0.15) is 0 Å². The zero-order chi connectivity index (χ0) is 19.2. The number of ether oxygens (including phenoxy) is 1. The van der Waals surface area contributed by atoms with Crippen LogP contribution < -0.4 is 10.6 Å². The quantitative estimate of drug-likeness (QED) is 0.276.